The van der Waals surface area contributed by atoms with Gasteiger partial charge in [0.1, 0.15) is 6.04 Å². The first-order chi connectivity index (χ1) is 9.10. The number of benzene rings is 1. The number of aliphatic carboxylic acids is 1. The molecular formula is C13H15N3O3. The first-order valence-corrected chi connectivity index (χ1v) is 5.97. The average Bonchev–Trinajstić information content (AvgIpc) is 2.83. The molecular weight excluding hydrogens is 246 g/mol. The Kier molecular flexibility index (Phi) is 3.70. The quantitative estimate of drug-likeness (QED) is 0.657. The Balaban J connectivity index is 2.14. The van der Waals surface area contributed by atoms with Crippen LogP contribution in [0.1, 0.15) is 13.3 Å². The van der Waals surface area contributed by atoms with Crippen molar-refractivity contribution in [2.24, 2.45) is 0 Å². The van der Waals surface area contributed by atoms with Gasteiger partial charge >= 0.3 is 5.97 Å². The number of nitrogens with one attached hydrogen (secondary N) is 3. The Morgan fingerprint density at radius 2 is 2.00 bits per heavy atom. The van der Waals surface area contributed by atoms with Gasteiger partial charge in [0, 0.05) is 11.8 Å². The fraction of sp³-hybridized carbons (Fsp3) is 0.231. The number of carboxylic acids is 1. The van der Waals surface area contributed by atoms with Crippen LogP contribution in [0.2, 0.25) is 0 Å². The van der Waals surface area contributed by atoms with Crippen LogP contribution < -0.4 is 10.9 Å². The van der Waals surface area contributed by atoms with Crippen LogP contribution in [0.15, 0.2) is 35.1 Å². The summed E-state index contributed by atoms with van der Waals surface area (Å²) in [5.74, 6) is -0.874. The molecule has 0 aliphatic carbocycles. The molecule has 1 aromatic heterocycles. The lowest BCUT2D eigenvalue weighted by molar-refractivity contribution is -0.137. The van der Waals surface area contributed by atoms with Crippen molar-refractivity contribution in [2.75, 3.05) is 5.32 Å². The predicted octanol–water partition coefficient (Wildman–Crippen LogP) is 1.65. The summed E-state index contributed by atoms with van der Waals surface area (Å²) >= 11 is 0. The molecule has 0 amide bonds. The average molecular weight is 261 g/mol. The van der Waals surface area contributed by atoms with E-state index in [0.29, 0.717) is 12.1 Å². The Bertz CT molecular complexity index is 613. The third-order valence-corrected chi connectivity index (χ3v) is 2.84. The lowest BCUT2D eigenvalue weighted by Crippen LogP contribution is -2.28. The van der Waals surface area contributed by atoms with Gasteiger partial charge in [-0.25, -0.2) is 4.79 Å². The summed E-state index contributed by atoms with van der Waals surface area (Å²) in [5.41, 5.74) is 2.10. The molecule has 0 bridgehead atoms. The highest BCUT2D eigenvalue weighted by Gasteiger charge is 2.14. The van der Waals surface area contributed by atoms with Crippen molar-refractivity contribution in [3.05, 3.63) is 40.7 Å². The van der Waals surface area contributed by atoms with Crippen LogP contribution in [0.25, 0.3) is 11.3 Å². The van der Waals surface area contributed by atoms with Gasteiger partial charge in [0.05, 0.1) is 5.69 Å². The molecule has 0 aliphatic rings. The second-order valence-corrected chi connectivity index (χ2v) is 4.19. The van der Waals surface area contributed by atoms with Gasteiger partial charge in [0.25, 0.3) is 5.56 Å². The fourth-order valence-corrected chi connectivity index (χ4v) is 1.77. The third kappa shape index (κ3) is 3.04. The molecule has 4 N–H and O–H groups in total. The Morgan fingerprint density at radius 1 is 1.32 bits per heavy atom. The van der Waals surface area contributed by atoms with E-state index in [2.05, 4.69) is 15.5 Å². The van der Waals surface area contributed by atoms with Gasteiger partial charge in [-0.05, 0) is 24.1 Å². The van der Waals surface area contributed by atoms with E-state index >= 15 is 0 Å². The summed E-state index contributed by atoms with van der Waals surface area (Å²) in [7, 11) is 0. The van der Waals surface area contributed by atoms with Crippen molar-refractivity contribution in [3.63, 3.8) is 0 Å². The molecule has 1 unspecified atom stereocenters. The monoisotopic (exact) mass is 261 g/mol. The topological polar surface area (TPSA) is 98.0 Å². The number of aromatic amines is 2. The van der Waals surface area contributed by atoms with Crippen LogP contribution in [-0.4, -0.2) is 27.3 Å². The van der Waals surface area contributed by atoms with E-state index in [4.69, 9.17) is 5.11 Å². The number of aromatic nitrogens is 2. The highest BCUT2D eigenvalue weighted by atomic mass is 16.4. The van der Waals surface area contributed by atoms with Gasteiger partial charge in [-0.1, -0.05) is 19.1 Å². The Hall–Kier alpha value is -2.50. The zero-order valence-corrected chi connectivity index (χ0v) is 10.4. The minimum absolute atomic E-state index is 0.186. The van der Waals surface area contributed by atoms with Crippen molar-refractivity contribution in [3.8, 4) is 11.3 Å². The van der Waals surface area contributed by atoms with Gasteiger partial charge in [0.2, 0.25) is 0 Å². The van der Waals surface area contributed by atoms with E-state index < -0.39 is 12.0 Å². The molecule has 6 heteroatoms. The van der Waals surface area contributed by atoms with Crippen molar-refractivity contribution in [1.29, 1.82) is 0 Å². The molecule has 19 heavy (non-hydrogen) atoms. The molecule has 1 aromatic carbocycles. The van der Waals surface area contributed by atoms with Crippen molar-refractivity contribution >= 4 is 11.7 Å². The molecule has 0 radical (unpaired) electrons. The summed E-state index contributed by atoms with van der Waals surface area (Å²) in [6, 6.07) is 8.07. The molecule has 100 valence electrons. The van der Waals surface area contributed by atoms with E-state index in [-0.39, 0.29) is 5.56 Å². The molecule has 1 atom stereocenters. The van der Waals surface area contributed by atoms with Crippen molar-refractivity contribution < 1.29 is 9.90 Å². The van der Waals surface area contributed by atoms with E-state index in [1.807, 2.05) is 19.1 Å². The number of hydrogen-bond acceptors (Lipinski definition) is 3. The van der Waals surface area contributed by atoms with Gasteiger partial charge < -0.3 is 10.4 Å². The summed E-state index contributed by atoms with van der Waals surface area (Å²) in [4.78, 5) is 21.9. The molecule has 2 aromatic rings. The zero-order chi connectivity index (χ0) is 13.8. The molecule has 6 nitrogen and oxygen atoms in total. The maximum absolute atomic E-state index is 11.0. The van der Waals surface area contributed by atoms with Crippen molar-refractivity contribution in [2.45, 2.75) is 19.4 Å². The Labute approximate surface area is 109 Å². The summed E-state index contributed by atoms with van der Waals surface area (Å²) in [6.07, 6.45) is 0.502. The van der Waals surface area contributed by atoms with Crippen LogP contribution in [0, 0.1) is 0 Å². The van der Waals surface area contributed by atoms with Crippen LogP contribution in [-0.2, 0) is 4.79 Å². The highest BCUT2D eigenvalue weighted by Crippen LogP contribution is 2.18. The number of anilines is 1. The molecule has 0 fully saturated rings. The molecule has 0 saturated carbocycles. The fourth-order valence-electron chi connectivity index (χ4n) is 1.77. The van der Waals surface area contributed by atoms with E-state index in [1.54, 1.807) is 12.1 Å². The Morgan fingerprint density at radius 3 is 2.47 bits per heavy atom. The molecule has 0 saturated heterocycles. The maximum Gasteiger partial charge on any atom is 0.326 e. The van der Waals surface area contributed by atoms with Crippen LogP contribution in [0.5, 0.6) is 0 Å². The molecule has 0 spiro atoms. The van der Waals surface area contributed by atoms with E-state index in [9.17, 15) is 9.59 Å². The summed E-state index contributed by atoms with van der Waals surface area (Å²) in [6.45, 7) is 1.81. The third-order valence-electron chi connectivity index (χ3n) is 2.84. The number of H-pyrrole nitrogens is 2. The van der Waals surface area contributed by atoms with E-state index in [1.165, 1.54) is 6.07 Å². The molecule has 2 rings (SSSR count). The first kappa shape index (κ1) is 12.9. The normalized spacial score (nSPS) is 12.1. The lowest BCUT2D eigenvalue weighted by Gasteiger charge is -2.13. The maximum atomic E-state index is 11.0. The predicted molar refractivity (Wildman–Crippen MR) is 72.2 cm³/mol. The zero-order valence-electron chi connectivity index (χ0n) is 10.4. The van der Waals surface area contributed by atoms with Gasteiger partial charge in [-0.3, -0.25) is 15.0 Å². The molecule has 1 heterocycles. The van der Waals surface area contributed by atoms with Crippen LogP contribution in [0.3, 0.4) is 0 Å². The first-order valence-electron chi connectivity index (χ1n) is 5.97. The summed E-state index contributed by atoms with van der Waals surface area (Å²) in [5, 5.41) is 17.1. The van der Waals surface area contributed by atoms with Gasteiger partial charge in [0.15, 0.2) is 0 Å². The number of carbonyl (C=O) groups is 1. The highest BCUT2D eigenvalue weighted by molar-refractivity contribution is 5.77. The standard InChI is InChI=1S/C13H15N3O3/c1-2-10(13(18)19)14-9-5-3-8(4-6-9)11-7-12(17)16-15-11/h3-7,10,14H,2H2,1H3,(H,18,19)(H2,15,16,17). The lowest BCUT2D eigenvalue weighted by atomic mass is 10.1. The van der Waals surface area contributed by atoms with Crippen molar-refractivity contribution in [1.82, 2.24) is 10.2 Å². The molecule has 0 aliphatic heterocycles. The number of carboxylic acid groups (broad SMARTS) is 1. The number of hydrogen-bond donors (Lipinski definition) is 4. The second-order valence-electron chi connectivity index (χ2n) is 4.19. The minimum atomic E-state index is -0.874. The van der Waals surface area contributed by atoms with Crippen LogP contribution in [0.4, 0.5) is 5.69 Å². The van der Waals surface area contributed by atoms with Gasteiger partial charge in [-0.2, -0.15) is 0 Å². The summed E-state index contributed by atoms with van der Waals surface area (Å²) < 4.78 is 0. The second kappa shape index (κ2) is 5.43. The largest absolute Gasteiger partial charge is 0.480 e. The smallest absolute Gasteiger partial charge is 0.326 e. The number of rotatable bonds is 5. The van der Waals surface area contributed by atoms with Gasteiger partial charge in [-0.15, -0.1) is 0 Å². The van der Waals surface area contributed by atoms with E-state index in [0.717, 1.165) is 11.3 Å². The SMILES string of the molecule is CCC(Nc1ccc(-c2cc(=O)[nH][nH]2)cc1)C(=O)O. The van der Waals surface area contributed by atoms with Crippen LogP contribution >= 0.6 is 0 Å². The minimum Gasteiger partial charge on any atom is -0.480 e.